The average molecular weight is 399 g/mol. The molecule has 0 aliphatic heterocycles. The van der Waals surface area contributed by atoms with Crippen LogP contribution >= 0.6 is 0 Å². The number of benzene rings is 2. The maximum atomic E-state index is 10.9. The molecule has 2 aromatic carbocycles. The third kappa shape index (κ3) is 3.54. The Kier molecular flexibility index (Phi) is 4.51. The van der Waals surface area contributed by atoms with Crippen molar-refractivity contribution < 1.29 is 31.1 Å². The second-order valence-electron chi connectivity index (χ2n) is 4.48. The Balaban J connectivity index is 2.42. The topological polar surface area (TPSA) is 86.3 Å². The van der Waals surface area contributed by atoms with E-state index in [1.807, 2.05) is 13.8 Å². The number of hydrogen-bond acceptors (Lipinski definition) is 4. The minimum absolute atomic E-state index is 0.0541. The first-order valence-electron chi connectivity index (χ1n) is 6.03. The van der Waals surface area contributed by atoms with E-state index >= 15 is 0 Å². The molecule has 6 nitrogen and oxygen atoms in total. The molecule has 0 saturated carbocycles. The highest BCUT2D eigenvalue weighted by Gasteiger charge is 2.25. The van der Waals surface area contributed by atoms with Crippen LogP contribution in [0.25, 0.3) is 0 Å². The summed E-state index contributed by atoms with van der Waals surface area (Å²) >= 11 is -0.708. The third-order valence-corrected chi connectivity index (χ3v) is 6.42. The molecule has 0 amide bonds. The molecule has 0 aliphatic rings. The molecule has 0 radical (unpaired) electrons. The number of hydrogen-bond donors (Lipinski definition) is 0. The summed E-state index contributed by atoms with van der Waals surface area (Å²) in [5, 5.41) is 21.7. The first-order valence-corrected chi connectivity index (χ1v) is 8.19. The highest BCUT2D eigenvalue weighted by molar-refractivity contribution is 5.34. The van der Waals surface area contributed by atoms with Crippen LogP contribution in [0.4, 0.5) is 11.4 Å². The van der Waals surface area contributed by atoms with Crippen molar-refractivity contribution in [3.8, 4) is 0 Å². The van der Waals surface area contributed by atoms with Crippen molar-refractivity contribution in [2.45, 2.75) is 13.8 Å². The van der Waals surface area contributed by atoms with E-state index in [0.717, 1.165) is 18.3 Å². The van der Waals surface area contributed by atoms with Crippen LogP contribution < -0.4 is 21.2 Å². The van der Waals surface area contributed by atoms with Gasteiger partial charge in [0.05, 0.1) is 22.0 Å². The molecule has 0 aromatic heterocycles. The van der Waals surface area contributed by atoms with Gasteiger partial charge in [-0.1, -0.05) is 0 Å². The number of nitro groups is 2. The Morgan fingerprint density at radius 3 is 1.52 bits per heavy atom. The lowest BCUT2D eigenvalue weighted by Gasteiger charge is -1.97. The Morgan fingerprint density at radius 1 is 0.810 bits per heavy atom. The summed E-state index contributed by atoms with van der Waals surface area (Å²) in [7, 11) is 0. The van der Waals surface area contributed by atoms with Crippen LogP contribution in [0.2, 0.25) is 0 Å². The van der Waals surface area contributed by atoms with Crippen LogP contribution in [0.5, 0.6) is 0 Å². The molecular formula is C14H12IN2O4+. The molecule has 0 bridgehead atoms. The molecule has 0 fully saturated rings. The molecule has 0 saturated heterocycles. The lowest BCUT2D eigenvalue weighted by Crippen LogP contribution is -3.62. The summed E-state index contributed by atoms with van der Waals surface area (Å²) < 4.78 is 1.82. The van der Waals surface area contributed by atoms with Crippen molar-refractivity contribution in [1.82, 2.24) is 0 Å². The fourth-order valence-corrected chi connectivity index (χ4v) is 4.49. The van der Waals surface area contributed by atoms with Gasteiger partial charge in [-0.05, 0) is 26.0 Å². The van der Waals surface area contributed by atoms with Gasteiger partial charge in [-0.15, -0.1) is 0 Å². The molecular weight excluding hydrogens is 387 g/mol. The lowest BCUT2D eigenvalue weighted by molar-refractivity contribution is -0.599. The van der Waals surface area contributed by atoms with Gasteiger partial charge >= 0.3 is 21.2 Å². The lowest BCUT2D eigenvalue weighted by atomic mass is 10.2. The van der Waals surface area contributed by atoms with Crippen molar-refractivity contribution in [2.75, 3.05) is 0 Å². The number of halogens is 1. The number of nitrogens with zero attached hydrogens (tertiary/aromatic N) is 2. The standard InChI is InChI=1S/C14H12IN2O4/c1-9-3-5-11(16(18)19)7-13(9)15-14-8-12(17(20)21)6-4-10(14)2/h3-8H,1-2H3/q+1. The number of rotatable bonds is 4. The molecule has 108 valence electrons. The van der Waals surface area contributed by atoms with Crippen molar-refractivity contribution in [3.63, 3.8) is 0 Å². The zero-order valence-corrected chi connectivity index (χ0v) is 13.5. The van der Waals surface area contributed by atoms with Gasteiger partial charge in [-0.2, -0.15) is 0 Å². The predicted octanol–water partition coefficient (Wildman–Crippen LogP) is 0.248. The van der Waals surface area contributed by atoms with Crippen molar-refractivity contribution in [3.05, 3.63) is 74.9 Å². The Labute approximate surface area is 131 Å². The molecule has 2 rings (SSSR count). The van der Waals surface area contributed by atoms with Crippen molar-refractivity contribution >= 4 is 11.4 Å². The first kappa shape index (κ1) is 15.4. The maximum Gasteiger partial charge on any atom is 0.359 e. The van der Waals surface area contributed by atoms with Crippen LogP contribution in [-0.4, -0.2) is 9.85 Å². The molecule has 2 aromatic rings. The quantitative estimate of drug-likeness (QED) is 0.419. The van der Waals surface area contributed by atoms with Crippen LogP contribution in [0.1, 0.15) is 11.1 Å². The first-order chi connectivity index (χ1) is 9.88. The Morgan fingerprint density at radius 2 is 1.19 bits per heavy atom. The van der Waals surface area contributed by atoms with Gasteiger partial charge in [-0.3, -0.25) is 20.2 Å². The summed E-state index contributed by atoms with van der Waals surface area (Å²) in [5.74, 6) is 0. The minimum atomic E-state index is -0.708. The highest BCUT2D eigenvalue weighted by atomic mass is 127. The van der Waals surface area contributed by atoms with E-state index in [4.69, 9.17) is 0 Å². The number of non-ortho nitro benzene ring substituents is 2. The predicted molar refractivity (Wildman–Crippen MR) is 73.1 cm³/mol. The van der Waals surface area contributed by atoms with E-state index in [9.17, 15) is 20.2 Å². The summed E-state index contributed by atoms with van der Waals surface area (Å²) in [6.07, 6.45) is 0. The van der Waals surface area contributed by atoms with E-state index in [0.29, 0.717) is 0 Å². The molecule has 0 aliphatic carbocycles. The molecule has 0 spiro atoms. The molecule has 0 N–H and O–H groups in total. The highest BCUT2D eigenvalue weighted by Crippen LogP contribution is 2.13. The molecule has 0 atom stereocenters. The van der Waals surface area contributed by atoms with Crippen LogP contribution in [0.3, 0.4) is 0 Å². The van der Waals surface area contributed by atoms with Crippen molar-refractivity contribution in [2.24, 2.45) is 0 Å². The average Bonchev–Trinajstić information content (AvgIpc) is 2.43. The second kappa shape index (κ2) is 6.17. The van der Waals surface area contributed by atoms with E-state index in [-0.39, 0.29) is 11.4 Å². The van der Waals surface area contributed by atoms with Gasteiger partial charge in [0.15, 0.2) is 0 Å². The van der Waals surface area contributed by atoms with Gasteiger partial charge in [-0.25, -0.2) is 0 Å². The van der Waals surface area contributed by atoms with E-state index in [1.165, 1.54) is 12.1 Å². The van der Waals surface area contributed by atoms with E-state index in [2.05, 4.69) is 0 Å². The largest absolute Gasteiger partial charge is 0.359 e. The van der Waals surface area contributed by atoms with Crippen molar-refractivity contribution in [1.29, 1.82) is 0 Å². The fraction of sp³-hybridized carbons (Fsp3) is 0.143. The molecule has 0 unspecified atom stereocenters. The summed E-state index contributed by atoms with van der Waals surface area (Å²) in [5.41, 5.74) is 2.05. The Bertz CT molecular complexity index is 669. The second-order valence-corrected chi connectivity index (χ2v) is 7.34. The normalized spacial score (nSPS) is 10.4. The van der Waals surface area contributed by atoms with Gasteiger partial charge < -0.3 is 0 Å². The smallest absolute Gasteiger partial charge is 0.258 e. The summed E-state index contributed by atoms with van der Waals surface area (Å²) in [4.78, 5) is 20.9. The monoisotopic (exact) mass is 399 g/mol. The molecule has 7 heteroatoms. The third-order valence-electron chi connectivity index (χ3n) is 2.94. The summed E-state index contributed by atoms with van der Waals surface area (Å²) in [6.45, 7) is 3.79. The molecule has 21 heavy (non-hydrogen) atoms. The zero-order chi connectivity index (χ0) is 15.6. The van der Waals surface area contributed by atoms with Gasteiger partial charge in [0, 0.05) is 23.3 Å². The van der Waals surface area contributed by atoms with E-state index < -0.39 is 31.1 Å². The van der Waals surface area contributed by atoms with Crippen LogP contribution in [0.15, 0.2) is 36.4 Å². The molecule has 0 heterocycles. The SMILES string of the molecule is Cc1ccc([N+](=O)[O-])cc1[I+]c1cc([N+](=O)[O-])ccc1C. The van der Waals surface area contributed by atoms with Gasteiger partial charge in [0.1, 0.15) is 0 Å². The number of aryl methyl sites for hydroxylation is 2. The van der Waals surface area contributed by atoms with Gasteiger partial charge in [0.2, 0.25) is 7.14 Å². The van der Waals surface area contributed by atoms with E-state index in [1.54, 1.807) is 24.3 Å². The van der Waals surface area contributed by atoms with Crippen LogP contribution in [0, 0.1) is 41.2 Å². The van der Waals surface area contributed by atoms with Gasteiger partial charge in [0.25, 0.3) is 11.4 Å². The zero-order valence-electron chi connectivity index (χ0n) is 11.4. The minimum Gasteiger partial charge on any atom is -0.258 e. The van der Waals surface area contributed by atoms with Crippen LogP contribution in [-0.2, 0) is 0 Å². The number of nitro benzene ring substituents is 2. The summed E-state index contributed by atoms with van der Waals surface area (Å²) in [6, 6.07) is 9.53. The Hall–Kier alpha value is -2.03. The maximum absolute atomic E-state index is 10.9. The fourth-order valence-electron chi connectivity index (χ4n) is 1.70.